The first-order valence-corrected chi connectivity index (χ1v) is 24.4. The van der Waals surface area contributed by atoms with Crippen LogP contribution in [-0.4, -0.2) is 37.2 Å². The van der Waals surface area contributed by atoms with Gasteiger partial charge < -0.3 is 14.2 Å². The van der Waals surface area contributed by atoms with Gasteiger partial charge in [-0.25, -0.2) is 0 Å². The van der Waals surface area contributed by atoms with E-state index in [4.69, 9.17) is 14.2 Å². The minimum absolute atomic E-state index is 0.112. The zero-order valence-corrected chi connectivity index (χ0v) is 39.1. The predicted molar refractivity (Wildman–Crippen MR) is 260 cm³/mol. The highest BCUT2D eigenvalue weighted by molar-refractivity contribution is 5.71. The smallest absolute Gasteiger partial charge is 0.306 e. The Labute approximate surface area is 374 Å². The molecular weight excluding hydrogens is 757 g/mol. The normalized spacial score (nSPS) is 13.0. The zero-order valence-electron chi connectivity index (χ0n) is 39.1. The van der Waals surface area contributed by atoms with Gasteiger partial charge in [0.2, 0.25) is 0 Å². The third kappa shape index (κ3) is 47.0. The van der Waals surface area contributed by atoms with Crippen LogP contribution in [0.15, 0.2) is 109 Å². The Morgan fingerprint density at radius 3 is 1.08 bits per heavy atom. The Morgan fingerprint density at radius 2 is 0.656 bits per heavy atom. The zero-order chi connectivity index (χ0) is 44.4. The summed E-state index contributed by atoms with van der Waals surface area (Å²) in [5.41, 5.74) is 0. The molecule has 344 valence electrons. The molecule has 0 saturated carbocycles. The molecule has 0 N–H and O–H groups in total. The van der Waals surface area contributed by atoms with Crippen molar-refractivity contribution in [2.45, 2.75) is 207 Å². The van der Waals surface area contributed by atoms with Gasteiger partial charge >= 0.3 is 17.9 Å². The maximum Gasteiger partial charge on any atom is 0.306 e. The molecule has 0 rings (SSSR count). The third-order valence-corrected chi connectivity index (χ3v) is 9.74. The average molecular weight is 845 g/mol. The number of allylic oxidation sites excluding steroid dienone is 18. The number of unbranched alkanes of at least 4 members (excludes halogenated alkanes) is 13. The second kappa shape index (κ2) is 48.7. The highest BCUT2D eigenvalue weighted by Gasteiger charge is 2.19. The standard InChI is InChI=1S/C55H88O6/c1-4-7-10-13-16-19-22-25-27-28-29-31-33-36-39-42-45-48-54(57)60-51-52(50-59-53(56)47-44-41-38-35-32-24-21-18-15-12-9-6-3)61-55(58)49-46-43-40-37-34-30-26-23-20-17-14-11-8-5-2/h7-8,10-11,16-21,25-27,29-31,36,39,52H,4-6,9,12-15,22-24,28,32-35,37-38,40-51H2,1-3H3/b10-7-,11-8-,19-16-,20-17-,21-18-,27-25-,30-26-,31-29-,39-36-. The molecule has 1 atom stereocenters. The van der Waals surface area contributed by atoms with Crippen LogP contribution in [-0.2, 0) is 28.6 Å². The monoisotopic (exact) mass is 845 g/mol. The number of carbonyl (C=O) groups excluding carboxylic acids is 3. The van der Waals surface area contributed by atoms with E-state index in [0.29, 0.717) is 12.8 Å². The number of rotatable bonds is 42. The molecule has 0 spiro atoms. The lowest BCUT2D eigenvalue weighted by Crippen LogP contribution is -2.30. The summed E-state index contributed by atoms with van der Waals surface area (Å²) in [6.45, 7) is 6.28. The van der Waals surface area contributed by atoms with Crippen molar-refractivity contribution in [2.24, 2.45) is 0 Å². The summed E-state index contributed by atoms with van der Waals surface area (Å²) in [7, 11) is 0. The van der Waals surface area contributed by atoms with Gasteiger partial charge in [0.15, 0.2) is 6.10 Å². The summed E-state index contributed by atoms with van der Waals surface area (Å²) >= 11 is 0. The first-order chi connectivity index (χ1) is 30.0. The fraction of sp³-hybridized carbons (Fsp3) is 0.618. The summed E-state index contributed by atoms with van der Waals surface area (Å²) in [5.74, 6) is -1.01. The van der Waals surface area contributed by atoms with Crippen molar-refractivity contribution in [3.05, 3.63) is 109 Å². The summed E-state index contributed by atoms with van der Waals surface area (Å²) in [6.07, 6.45) is 65.0. The minimum Gasteiger partial charge on any atom is -0.462 e. The van der Waals surface area contributed by atoms with Crippen molar-refractivity contribution in [1.82, 2.24) is 0 Å². The van der Waals surface area contributed by atoms with E-state index in [2.05, 4.69) is 130 Å². The van der Waals surface area contributed by atoms with Crippen LogP contribution in [0, 0.1) is 0 Å². The first-order valence-electron chi connectivity index (χ1n) is 24.4. The minimum atomic E-state index is -0.816. The van der Waals surface area contributed by atoms with Crippen LogP contribution in [0.5, 0.6) is 0 Å². The Kier molecular flexibility index (Phi) is 45.6. The Balaban J connectivity index is 4.54. The Bertz CT molecular complexity index is 1290. The quantitative estimate of drug-likeness (QED) is 0.0264. The maximum absolute atomic E-state index is 12.8. The van der Waals surface area contributed by atoms with E-state index in [0.717, 1.165) is 122 Å². The molecule has 0 aliphatic carbocycles. The Morgan fingerprint density at radius 1 is 0.344 bits per heavy atom. The van der Waals surface area contributed by atoms with Gasteiger partial charge in [-0.2, -0.15) is 0 Å². The number of esters is 3. The largest absolute Gasteiger partial charge is 0.462 e. The average Bonchev–Trinajstić information content (AvgIpc) is 3.26. The number of hydrogen-bond acceptors (Lipinski definition) is 6. The van der Waals surface area contributed by atoms with E-state index < -0.39 is 6.10 Å². The van der Waals surface area contributed by atoms with Crippen LogP contribution in [0.2, 0.25) is 0 Å². The highest BCUT2D eigenvalue weighted by Crippen LogP contribution is 2.12. The van der Waals surface area contributed by atoms with E-state index in [1.807, 2.05) is 0 Å². The molecule has 6 nitrogen and oxygen atoms in total. The van der Waals surface area contributed by atoms with Crippen molar-refractivity contribution < 1.29 is 28.6 Å². The molecule has 0 heterocycles. The predicted octanol–water partition coefficient (Wildman–Crippen LogP) is 16.0. The molecule has 0 fully saturated rings. The fourth-order valence-electron chi connectivity index (χ4n) is 6.13. The fourth-order valence-corrected chi connectivity index (χ4v) is 6.13. The molecular formula is C55H88O6. The summed E-state index contributed by atoms with van der Waals surface area (Å²) in [4.78, 5) is 37.9. The van der Waals surface area contributed by atoms with E-state index in [9.17, 15) is 14.4 Å². The molecule has 0 aromatic rings. The van der Waals surface area contributed by atoms with E-state index in [1.54, 1.807) is 0 Å². The summed E-state index contributed by atoms with van der Waals surface area (Å²) in [6, 6.07) is 0. The van der Waals surface area contributed by atoms with Gasteiger partial charge in [0.1, 0.15) is 13.2 Å². The lowest BCUT2D eigenvalue weighted by molar-refractivity contribution is -0.167. The molecule has 0 radical (unpaired) electrons. The van der Waals surface area contributed by atoms with E-state index >= 15 is 0 Å². The first kappa shape index (κ1) is 57.1. The SMILES string of the molecule is CC/C=C\C/C=C\C/C=C\C/C=C\C/C=C\CCCC(=O)OCC(COC(=O)CCCCCCC/C=C\CCCCC)OC(=O)CCCCCC/C=C\C/C=C\C/C=C\CC. The highest BCUT2D eigenvalue weighted by atomic mass is 16.6. The van der Waals surface area contributed by atoms with Crippen LogP contribution in [0.1, 0.15) is 201 Å². The molecule has 0 aromatic carbocycles. The van der Waals surface area contributed by atoms with E-state index in [1.165, 1.54) is 32.1 Å². The lowest BCUT2D eigenvalue weighted by Gasteiger charge is -2.18. The summed E-state index contributed by atoms with van der Waals surface area (Å²) < 4.78 is 16.7. The van der Waals surface area contributed by atoms with Gasteiger partial charge in [-0.3, -0.25) is 14.4 Å². The van der Waals surface area contributed by atoms with Crippen LogP contribution >= 0.6 is 0 Å². The number of ether oxygens (including phenoxy) is 3. The second-order valence-corrected chi connectivity index (χ2v) is 15.6. The molecule has 6 heteroatoms. The van der Waals surface area contributed by atoms with Crippen molar-refractivity contribution in [2.75, 3.05) is 13.2 Å². The van der Waals surface area contributed by atoms with Crippen molar-refractivity contribution in [1.29, 1.82) is 0 Å². The van der Waals surface area contributed by atoms with Crippen molar-refractivity contribution in [3.8, 4) is 0 Å². The van der Waals surface area contributed by atoms with Crippen molar-refractivity contribution >= 4 is 17.9 Å². The van der Waals surface area contributed by atoms with Gasteiger partial charge in [-0.05, 0) is 116 Å². The van der Waals surface area contributed by atoms with Crippen LogP contribution in [0.3, 0.4) is 0 Å². The molecule has 0 bridgehead atoms. The molecule has 61 heavy (non-hydrogen) atoms. The topological polar surface area (TPSA) is 78.9 Å². The van der Waals surface area contributed by atoms with Gasteiger partial charge in [0, 0.05) is 19.3 Å². The molecule has 0 aliphatic rings. The van der Waals surface area contributed by atoms with Crippen LogP contribution in [0.4, 0.5) is 0 Å². The van der Waals surface area contributed by atoms with Crippen molar-refractivity contribution in [3.63, 3.8) is 0 Å². The Hall–Kier alpha value is -3.93. The number of carbonyl (C=O) groups is 3. The lowest BCUT2D eigenvalue weighted by atomic mass is 10.1. The third-order valence-electron chi connectivity index (χ3n) is 9.74. The van der Waals surface area contributed by atoms with Crippen LogP contribution < -0.4 is 0 Å². The molecule has 0 aromatic heterocycles. The van der Waals surface area contributed by atoms with Gasteiger partial charge in [-0.15, -0.1) is 0 Å². The molecule has 0 saturated heterocycles. The number of hydrogen-bond donors (Lipinski definition) is 0. The molecule has 0 aliphatic heterocycles. The van der Waals surface area contributed by atoms with Crippen LogP contribution in [0.25, 0.3) is 0 Å². The van der Waals surface area contributed by atoms with E-state index in [-0.39, 0.29) is 44.0 Å². The van der Waals surface area contributed by atoms with Gasteiger partial charge in [-0.1, -0.05) is 175 Å². The second-order valence-electron chi connectivity index (χ2n) is 15.6. The molecule has 1 unspecified atom stereocenters. The maximum atomic E-state index is 12.8. The van der Waals surface area contributed by atoms with Gasteiger partial charge in [0.25, 0.3) is 0 Å². The molecule has 0 amide bonds. The van der Waals surface area contributed by atoms with Gasteiger partial charge in [0.05, 0.1) is 0 Å². The summed E-state index contributed by atoms with van der Waals surface area (Å²) in [5, 5.41) is 0.